The first-order valence-corrected chi connectivity index (χ1v) is 8.90. The van der Waals surface area contributed by atoms with Gasteiger partial charge in [-0.2, -0.15) is 5.26 Å². The van der Waals surface area contributed by atoms with Crippen LogP contribution in [0.3, 0.4) is 0 Å². The van der Waals surface area contributed by atoms with Crippen LogP contribution in [-0.2, 0) is 10.2 Å². The van der Waals surface area contributed by atoms with Gasteiger partial charge in [0.2, 0.25) is 0 Å². The summed E-state index contributed by atoms with van der Waals surface area (Å²) in [6.45, 7) is 4.62. The smallest absolute Gasteiger partial charge is 0.307 e. The molecule has 0 amide bonds. The fourth-order valence-electron chi connectivity index (χ4n) is 3.69. The lowest BCUT2D eigenvalue weighted by Crippen LogP contribution is -2.42. The maximum Gasteiger partial charge on any atom is 0.307 e. The molecule has 1 aromatic rings. The van der Waals surface area contributed by atoms with E-state index in [1.807, 2.05) is 30.3 Å². The molecule has 24 heavy (non-hydrogen) atoms. The molecule has 4 nitrogen and oxygen atoms in total. The third-order valence-electron chi connectivity index (χ3n) is 5.14. The van der Waals surface area contributed by atoms with Crippen LogP contribution in [0.25, 0.3) is 0 Å². The highest BCUT2D eigenvalue weighted by Gasteiger charge is 2.37. The zero-order valence-corrected chi connectivity index (χ0v) is 14.7. The molecule has 1 fully saturated rings. The summed E-state index contributed by atoms with van der Waals surface area (Å²) in [6, 6.07) is 12.9. The summed E-state index contributed by atoms with van der Waals surface area (Å²) in [5.74, 6) is -0.673. The van der Waals surface area contributed by atoms with Gasteiger partial charge >= 0.3 is 5.97 Å². The number of hydrogen-bond acceptors (Lipinski definition) is 3. The van der Waals surface area contributed by atoms with Gasteiger partial charge in [-0.3, -0.25) is 4.79 Å². The summed E-state index contributed by atoms with van der Waals surface area (Å²) < 4.78 is 0. The average Bonchev–Trinajstić information content (AvgIpc) is 2.59. The Kier molecular flexibility index (Phi) is 6.39. The standard InChI is InChI=1S/C20H28N2O2/c1-15(2)12-16(19(23)24)13-22-18-8-10-20(14-21,11-9-18)17-6-4-3-5-7-17/h3-7,15-16,18,22H,8-13H2,1-2H3,(H,23,24). The molecule has 2 N–H and O–H groups in total. The Labute approximate surface area is 144 Å². The van der Waals surface area contributed by atoms with Crippen molar-refractivity contribution in [1.82, 2.24) is 5.32 Å². The van der Waals surface area contributed by atoms with Gasteiger partial charge in [-0.05, 0) is 43.6 Å². The summed E-state index contributed by atoms with van der Waals surface area (Å²) >= 11 is 0. The first-order chi connectivity index (χ1) is 11.5. The van der Waals surface area contributed by atoms with Crippen molar-refractivity contribution >= 4 is 5.97 Å². The van der Waals surface area contributed by atoms with Crippen LogP contribution in [0.1, 0.15) is 51.5 Å². The summed E-state index contributed by atoms with van der Waals surface area (Å²) in [5, 5.41) is 22.5. The maximum atomic E-state index is 11.4. The Morgan fingerprint density at radius 2 is 1.96 bits per heavy atom. The number of nitrogens with zero attached hydrogens (tertiary/aromatic N) is 1. The number of hydrogen-bond donors (Lipinski definition) is 2. The highest BCUT2D eigenvalue weighted by Crippen LogP contribution is 2.39. The van der Waals surface area contributed by atoms with Gasteiger partial charge in [0.15, 0.2) is 0 Å². The number of aliphatic carboxylic acids is 1. The largest absolute Gasteiger partial charge is 0.481 e. The Balaban J connectivity index is 1.90. The number of carbonyl (C=O) groups is 1. The van der Waals surface area contributed by atoms with Crippen LogP contribution in [0.5, 0.6) is 0 Å². The van der Waals surface area contributed by atoms with Gasteiger partial charge < -0.3 is 10.4 Å². The molecule has 2 rings (SSSR count). The molecule has 0 heterocycles. The van der Waals surface area contributed by atoms with Crippen molar-refractivity contribution in [3.05, 3.63) is 35.9 Å². The summed E-state index contributed by atoms with van der Waals surface area (Å²) in [4.78, 5) is 11.4. The second-order valence-electron chi connectivity index (χ2n) is 7.41. The van der Waals surface area contributed by atoms with Crippen LogP contribution in [0, 0.1) is 23.2 Å². The van der Waals surface area contributed by atoms with E-state index in [0.29, 0.717) is 24.9 Å². The van der Waals surface area contributed by atoms with Gasteiger partial charge in [0.1, 0.15) is 0 Å². The molecule has 0 saturated heterocycles. The molecule has 130 valence electrons. The zero-order chi connectivity index (χ0) is 17.6. The van der Waals surface area contributed by atoms with E-state index in [-0.39, 0.29) is 11.3 Å². The molecule has 1 aliphatic carbocycles. The van der Waals surface area contributed by atoms with E-state index in [2.05, 4.69) is 25.2 Å². The number of rotatable bonds is 7. The highest BCUT2D eigenvalue weighted by molar-refractivity contribution is 5.70. The van der Waals surface area contributed by atoms with Crippen molar-refractivity contribution < 1.29 is 9.90 Å². The molecule has 0 spiro atoms. The molecule has 1 aromatic carbocycles. The molecule has 0 radical (unpaired) electrons. The van der Waals surface area contributed by atoms with Crippen molar-refractivity contribution in [2.45, 2.75) is 57.4 Å². The fraction of sp³-hybridized carbons (Fsp3) is 0.600. The molecular weight excluding hydrogens is 300 g/mol. The molecule has 0 aromatic heterocycles. The van der Waals surface area contributed by atoms with Crippen molar-refractivity contribution in [2.75, 3.05) is 6.54 Å². The average molecular weight is 328 g/mol. The number of nitrogens with one attached hydrogen (secondary N) is 1. The van der Waals surface area contributed by atoms with Crippen molar-refractivity contribution in [2.24, 2.45) is 11.8 Å². The van der Waals surface area contributed by atoms with E-state index < -0.39 is 5.97 Å². The van der Waals surface area contributed by atoms with Crippen LogP contribution >= 0.6 is 0 Å². The van der Waals surface area contributed by atoms with E-state index in [0.717, 1.165) is 31.2 Å². The number of benzene rings is 1. The summed E-state index contributed by atoms with van der Waals surface area (Å²) in [7, 11) is 0. The first kappa shape index (κ1) is 18.5. The Bertz CT molecular complexity index is 569. The first-order valence-electron chi connectivity index (χ1n) is 8.90. The van der Waals surface area contributed by atoms with E-state index in [4.69, 9.17) is 0 Å². The van der Waals surface area contributed by atoms with Crippen LogP contribution in [0.15, 0.2) is 30.3 Å². The van der Waals surface area contributed by atoms with Crippen LogP contribution < -0.4 is 5.32 Å². The second kappa shape index (κ2) is 8.30. The van der Waals surface area contributed by atoms with Crippen molar-refractivity contribution in [3.8, 4) is 6.07 Å². The zero-order valence-electron chi connectivity index (χ0n) is 14.7. The van der Waals surface area contributed by atoms with Gasteiger partial charge in [0, 0.05) is 12.6 Å². The Hall–Kier alpha value is -1.86. The third-order valence-corrected chi connectivity index (χ3v) is 5.14. The fourth-order valence-corrected chi connectivity index (χ4v) is 3.69. The van der Waals surface area contributed by atoms with Crippen LogP contribution in [-0.4, -0.2) is 23.7 Å². The number of carboxylic acid groups (broad SMARTS) is 1. The lowest BCUT2D eigenvalue weighted by atomic mass is 9.69. The van der Waals surface area contributed by atoms with Gasteiger partial charge in [-0.25, -0.2) is 0 Å². The van der Waals surface area contributed by atoms with Gasteiger partial charge in [-0.15, -0.1) is 0 Å². The van der Waals surface area contributed by atoms with Gasteiger partial charge in [0.25, 0.3) is 0 Å². The van der Waals surface area contributed by atoms with E-state index in [9.17, 15) is 15.2 Å². The number of nitriles is 1. The van der Waals surface area contributed by atoms with Crippen molar-refractivity contribution in [1.29, 1.82) is 5.26 Å². The molecule has 1 aliphatic rings. The van der Waals surface area contributed by atoms with Gasteiger partial charge in [-0.1, -0.05) is 44.2 Å². The second-order valence-corrected chi connectivity index (χ2v) is 7.41. The third kappa shape index (κ3) is 4.58. The molecule has 1 atom stereocenters. The minimum absolute atomic E-state index is 0.309. The Morgan fingerprint density at radius 3 is 2.46 bits per heavy atom. The number of carboxylic acids is 1. The summed E-state index contributed by atoms with van der Waals surface area (Å²) in [6.07, 6.45) is 4.17. The SMILES string of the molecule is CC(C)CC(CNC1CCC(C#N)(c2ccccc2)CC1)C(=O)O. The van der Waals surface area contributed by atoms with Crippen LogP contribution in [0.4, 0.5) is 0 Å². The lowest BCUT2D eigenvalue weighted by molar-refractivity contribution is -0.142. The predicted molar refractivity (Wildman–Crippen MR) is 94.6 cm³/mol. The lowest BCUT2D eigenvalue weighted by Gasteiger charge is -2.36. The van der Waals surface area contributed by atoms with E-state index in [1.165, 1.54) is 0 Å². The van der Waals surface area contributed by atoms with Crippen molar-refractivity contribution in [3.63, 3.8) is 0 Å². The normalized spacial score (nSPS) is 25.2. The summed E-state index contributed by atoms with van der Waals surface area (Å²) in [5.41, 5.74) is 0.720. The highest BCUT2D eigenvalue weighted by atomic mass is 16.4. The van der Waals surface area contributed by atoms with Gasteiger partial charge in [0.05, 0.1) is 17.4 Å². The Morgan fingerprint density at radius 1 is 1.33 bits per heavy atom. The minimum Gasteiger partial charge on any atom is -0.481 e. The maximum absolute atomic E-state index is 11.4. The molecule has 1 unspecified atom stereocenters. The quantitative estimate of drug-likeness (QED) is 0.800. The monoisotopic (exact) mass is 328 g/mol. The predicted octanol–water partition coefficient (Wildman–Crippen LogP) is 3.73. The van der Waals surface area contributed by atoms with Crippen LogP contribution in [0.2, 0.25) is 0 Å². The molecule has 0 bridgehead atoms. The molecule has 0 aliphatic heterocycles. The van der Waals surface area contributed by atoms with E-state index >= 15 is 0 Å². The minimum atomic E-state index is -0.720. The molecule has 1 saturated carbocycles. The molecule has 4 heteroatoms. The topological polar surface area (TPSA) is 73.1 Å². The molecular formula is C20H28N2O2. The van der Waals surface area contributed by atoms with E-state index in [1.54, 1.807) is 0 Å².